The summed E-state index contributed by atoms with van der Waals surface area (Å²) in [6.45, 7) is 3.75. The Labute approximate surface area is 68.9 Å². The first-order valence-corrected chi connectivity index (χ1v) is 3.91. The summed E-state index contributed by atoms with van der Waals surface area (Å²) in [7, 11) is 0. The molecule has 0 unspecified atom stereocenters. The molecule has 60 valence electrons. The Hall–Kier alpha value is -0.970. The molecule has 0 saturated carbocycles. The Morgan fingerprint density at radius 1 is 1.64 bits per heavy atom. The number of rotatable bonds is 0. The highest BCUT2D eigenvalue weighted by Crippen LogP contribution is 2.25. The van der Waals surface area contributed by atoms with Gasteiger partial charge in [-0.15, -0.1) is 0 Å². The van der Waals surface area contributed by atoms with Crippen LogP contribution in [0.25, 0.3) is 0 Å². The van der Waals surface area contributed by atoms with Crippen molar-refractivity contribution in [3.8, 4) is 0 Å². The standard InChI is InChI=1S/C6H9N3OS/c1-3(2)4-5(10)8-6(9-7)11-4/h7H2,1-2H3,(H,8,9,10). The molecule has 0 aromatic carbocycles. The maximum absolute atomic E-state index is 11.1. The summed E-state index contributed by atoms with van der Waals surface area (Å²) < 4.78 is 0. The molecule has 11 heavy (non-hydrogen) atoms. The molecule has 1 rings (SSSR count). The molecule has 0 radical (unpaired) electrons. The summed E-state index contributed by atoms with van der Waals surface area (Å²) in [5.41, 5.74) is 0.978. The Kier molecular flexibility index (Phi) is 2.19. The fraction of sp³-hybridized carbons (Fsp3) is 0.333. The van der Waals surface area contributed by atoms with E-state index >= 15 is 0 Å². The lowest BCUT2D eigenvalue weighted by molar-refractivity contribution is -0.115. The van der Waals surface area contributed by atoms with E-state index in [1.165, 1.54) is 11.8 Å². The quantitative estimate of drug-likeness (QED) is 0.314. The molecule has 0 aromatic rings. The molecular formula is C6H9N3OS. The fourth-order valence-electron chi connectivity index (χ4n) is 0.710. The van der Waals surface area contributed by atoms with Gasteiger partial charge in [-0.3, -0.25) is 10.1 Å². The maximum atomic E-state index is 11.1. The van der Waals surface area contributed by atoms with Gasteiger partial charge in [0.2, 0.25) is 0 Å². The van der Waals surface area contributed by atoms with Crippen LogP contribution in [0.2, 0.25) is 0 Å². The van der Waals surface area contributed by atoms with Gasteiger partial charge in [-0.2, -0.15) is 5.10 Å². The number of hydrogen-bond acceptors (Lipinski definition) is 4. The van der Waals surface area contributed by atoms with Crippen LogP contribution in [0.15, 0.2) is 15.6 Å². The smallest absolute Gasteiger partial charge is 0.264 e. The average molecular weight is 171 g/mol. The number of nitrogens with zero attached hydrogens (tertiary/aromatic N) is 1. The van der Waals surface area contributed by atoms with Crippen molar-refractivity contribution in [1.29, 1.82) is 0 Å². The minimum atomic E-state index is -0.112. The second-order valence-corrected chi connectivity index (χ2v) is 3.32. The van der Waals surface area contributed by atoms with E-state index in [-0.39, 0.29) is 5.91 Å². The van der Waals surface area contributed by atoms with Crippen LogP contribution in [0.1, 0.15) is 13.8 Å². The number of nitrogens with one attached hydrogen (secondary N) is 1. The van der Waals surface area contributed by atoms with Crippen molar-refractivity contribution < 1.29 is 4.79 Å². The maximum Gasteiger partial charge on any atom is 0.264 e. The molecule has 1 saturated heterocycles. The molecule has 1 fully saturated rings. The topological polar surface area (TPSA) is 67.5 Å². The largest absolute Gasteiger partial charge is 0.321 e. The van der Waals surface area contributed by atoms with Gasteiger partial charge in [0, 0.05) is 0 Å². The van der Waals surface area contributed by atoms with Crippen LogP contribution >= 0.6 is 11.8 Å². The molecule has 1 aliphatic heterocycles. The lowest BCUT2D eigenvalue weighted by Crippen LogP contribution is -2.20. The Morgan fingerprint density at radius 3 is 2.55 bits per heavy atom. The normalized spacial score (nSPS) is 20.7. The van der Waals surface area contributed by atoms with Gasteiger partial charge >= 0.3 is 0 Å². The molecule has 3 N–H and O–H groups in total. The van der Waals surface area contributed by atoms with Gasteiger partial charge in [-0.1, -0.05) is 5.57 Å². The van der Waals surface area contributed by atoms with Crippen molar-refractivity contribution in [2.24, 2.45) is 10.9 Å². The number of carbonyl (C=O) groups is 1. The summed E-state index contributed by atoms with van der Waals surface area (Å²) in [5.74, 6) is 4.88. The lowest BCUT2D eigenvalue weighted by Gasteiger charge is -1.91. The molecule has 0 aromatic heterocycles. The number of amides is 1. The third-order valence-corrected chi connectivity index (χ3v) is 2.40. The van der Waals surface area contributed by atoms with Crippen LogP contribution in [0.4, 0.5) is 0 Å². The SMILES string of the molecule is CC(C)=C1SC(=NN)NC1=O. The number of carbonyl (C=O) groups excluding carboxylic acids is 1. The van der Waals surface area contributed by atoms with Crippen LogP contribution in [0.5, 0.6) is 0 Å². The van der Waals surface area contributed by atoms with Crippen molar-refractivity contribution >= 4 is 22.8 Å². The van der Waals surface area contributed by atoms with Gasteiger partial charge in [0.05, 0.1) is 4.91 Å². The van der Waals surface area contributed by atoms with Crippen molar-refractivity contribution in [3.05, 3.63) is 10.5 Å². The molecular weight excluding hydrogens is 162 g/mol. The summed E-state index contributed by atoms with van der Waals surface area (Å²) in [6.07, 6.45) is 0. The number of hydrogen-bond donors (Lipinski definition) is 2. The molecule has 4 nitrogen and oxygen atoms in total. The van der Waals surface area contributed by atoms with Gasteiger partial charge in [-0.25, -0.2) is 0 Å². The van der Waals surface area contributed by atoms with E-state index in [1.807, 2.05) is 13.8 Å². The van der Waals surface area contributed by atoms with Crippen LogP contribution < -0.4 is 11.2 Å². The Balaban J connectivity index is 2.92. The molecule has 5 heteroatoms. The first-order chi connectivity index (χ1) is 5.15. The second-order valence-electron chi connectivity index (χ2n) is 2.32. The monoisotopic (exact) mass is 171 g/mol. The zero-order valence-corrected chi connectivity index (χ0v) is 7.16. The number of thioether (sulfide) groups is 1. The molecule has 0 aliphatic carbocycles. The summed E-state index contributed by atoms with van der Waals surface area (Å²) in [4.78, 5) is 11.7. The van der Waals surface area contributed by atoms with Gasteiger partial charge in [0.1, 0.15) is 0 Å². The van der Waals surface area contributed by atoms with E-state index in [2.05, 4.69) is 10.4 Å². The number of hydrazone groups is 1. The lowest BCUT2D eigenvalue weighted by atomic mass is 10.3. The molecule has 1 amide bonds. The van der Waals surface area contributed by atoms with E-state index in [4.69, 9.17) is 5.84 Å². The number of nitrogens with two attached hydrogens (primary N) is 1. The highest BCUT2D eigenvalue weighted by atomic mass is 32.2. The molecule has 1 aliphatic rings. The van der Waals surface area contributed by atoms with Crippen molar-refractivity contribution in [2.75, 3.05) is 0 Å². The molecule has 0 spiro atoms. The Bertz CT molecular complexity index is 253. The van der Waals surface area contributed by atoms with Crippen LogP contribution in [-0.2, 0) is 4.79 Å². The predicted octanol–water partition coefficient (Wildman–Crippen LogP) is 0.373. The van der Waals surface area contributed by atoms with E-state index in [9.17, 15) is 4.79 Å². The Morgan fingerprint density at radius 2 is 2.27 bits per heavy atom. The summed E-state index contributed by atoms with van der Waals surface area (Å²) >= 11 is 1.27. The van der Waals surface area contributed by atoms with Crippen molar-refractivity contribution in [2.45, 2.75) is 13.8 Å². The van der Waals surface area contributed by atoms with E-state index in [0.29, 0.717) is 10.1 Å². The molecule has 1 heterocycles. The first kappa shape index (κ1) is 8.13. The second kappa shape index (κ2) is 2.96. The minimum Gasteiger partial charge on any atom is -0.321 e. The zero-order chi connectivity index (χ0) is 8.43. The molecule has 0 bridgehead atoms. The highest BCUT2D eigenvalue weighted by Gasteiger charge is 2.24. The average Bonchev–Trinajstić information content (AvgIpc) is 2.30. The van der Waals surface area contributed by atoms with E-state index in [1.54, 1.807) is 0 Å². The van der Waals surface area contributed by atoms with E-state index in [0.717, 1.165) is 5.57 Å². The predicted molar refractivity (Wildman–Crippen MR) is 45.7 cm³/mol. The van der Waals surface area contributed by atoms with Crippen LogP contribution in [-0.4, -0.2) is 11.1 Å². The first-order valence-electron chi connectivity index (χ1n) is 3.09. The summed E-state index contributed by atoms with van der Waals surface area (Å²) in [5, 5.41) is 6.37. The molecule has 0 atom stereocenters. The van der Waals surface area contributed by atoms with E-state index < -0.39 is 0 Å². The third kappa shape index (κ3) is 1.54. The zero-order valence-electron chi connectivity index (χ0n) is 6.34. The van der Waals surface area contributed by atoms with Crippen molar-refractivity contribution in [3.63, 3.8) is 0 Å². The number of allylic oxidation sites excluding steroid dienone is 1. The minimum absolute atomic E-state index is 0.112. The van der Waals surface area contributed by atoms with Gasteiger partial charge in [0.15, 0.2) is 5.17 Å². The summed E-state index contributed by atoms with van der Waals surface area (Å²) in [6, 6.07) is 0. The van der Waals surface area contributed by atoms with Gasteiger partial charge in [0.25, 0.3) is 5.91 Å². The van der Waals surface area contributed by atoms with Crippen molar-refractivity contribution in [1.82, 2.24) is 5.32 Å². The van der Waals surface area contributed by atoms with Gasteiger partial charge < -0.3 is 5.84 Å². The van der Waals surface area contributed by atoms with Gasteiger partial charge in [-0.05, 0) is 25.6 Å². The van der Waals surface area contributed by atoms with Crippen LogP contribution in [0.3, 0.4) is 0 Å². The highest BCUT2D eigenvalue weighted by molar-refractivity contribution is 8.18. The fourth-order valence-corrected chi connectivity index (χ4v) is 1.45. The van der Waals surface area contributed by atoms with Crippen LogP contribution in [0, 0.1) is 0 Å². The number of amidine groups is 1. The third-order valence-electron chi connectivity index (χ3n) is 1.20.